The predicted molar refractivity (Wildman–Crippen MR) is 98.0 cm³/mol. The lowest BCUT2D eigenvalue weighted by atomic mass is 9.92. The number of benzene rings is 1. The van der Waals surface area contributed by atoms with Crippen LogP contribution in [0.4, 0.5) is 11.5 Å². The zero-order valence-electron chi connectivity index (χ0n) is 13.8. The van der Waals surface area contributed by atoms with Crippen LogP contribution in [0.2, 0.25) is 10.0 Å². The first-order valence-corrected chi connectivity index (χ1v) is 8.32. The molecule has 10 heteroatoms. The van der Waals surface area contributed by atoms with E-state index in [1.54, 1.807) is 6.07 Å². The highest BCUT2D eigenvalue weighted by molar-refractivity contribution is 6.42. The van der Waals surface area contributed by atoms with Crippen LogP contribution in [0.15, 0.2) is 27.8 Å². The molecule has 1 aromatic carbocycles. The number of aromatic nitrogens is 2. The van der Waals surface area contributed by atoms with Gasteiger partial charge in [-0.15, -0.1) is 0 Å². The van der Waals surface area contributed by atoms with Crippen molar-refractivity contribution in [3.05, 3.63) is 54.6 Å². The first-order chi connectivity index (χ1) is 12.2. The monoisotopic (exact) mass is 396 g/mol. The molecule has 2 N–H and O–H groups in total. The second-order valence-electron chi connectivity index (χ2n) is 5.89. The number of nitrogens with one attached hydrogen (secondary N) is 2. The number of hydrogen-bond acceptors (Lipinski definition) is 4. The number of nitrogens with zero attached hydrogens (tertiary/aromatic N) is 2. The van der Waals surface area contributed by atoms with Gasteiger partial charge in [0.25, 0.3) is 5.56 Å². The highest BCUT2D eigenvalue weighted by atomic mass is 35.5. The van der Waals surface area contributed by atoms with Gasteiger partial charge in [-0.3, -0.25) is 23.5 Å². The number of carbonyl (C=O) groups is 2. The standard InChI is InChI=1S/C16H14Cl2N4O4/c1-21-13-12(15(25)22(2)16(21)26)8(6-11(23)20-13)14(24)19-7-3-4-9(17)10(18)5-7/h3-5,8H,6H2,1-2H3,(H,19,24)(H,20,23)/t8-/m1/s1. The number of hydrogen-bond donors (Lipinski definition) is 2. The first kappa shape index (κ1) is 18.2. The Morgan fingerprint density at radius 3 is 2.50 bits per heavy atom. The Hall–Kier alpha value is -2.58. The van der Waals surface area contributed by atoms with E-state index in [9.17, 15) is 19.2 Å². The summed E-state index contributed by atoms with van der Waals surface area (Å²) in [4.78, 5) is 49.3. The van der Waals surface area contributed by atoms with Gasteiger partial charge >= 0.3 is 5.69 Å². The third-order valence-electron chi connectivity index (χ3n) is 4.20. The minimum absolute atomic E-state index is 0.0311. The van der Waals surface area contributed by atoms with E-state index in [2.05, 4.69) is 10.6 Å². The summed E-state index contributed by atoms with van der Waals surface area (Å²) in [5.41, 5.74) is -0.790. The lowest BCUT2D eigenvalue weighted by Crippen LogP contribution is -2.45. The summed E-state index contributed by atoms with van der Waals surface area (Å²) in [5, 5.41) is 5.70. The molecule has 8 nitrogen and oxygen atoms in total. The van der Waals surface area contributed by atoms with Crippen molar-refractivity contribution in [3.8, 4) is 0 Å². The molecule has 136 valence electrons. The molecule has 0 bridgehead atoms. The second kappa shape index (κ2) is 6.62. The van der Waals surface area contributed by atoms with Gasteiger partial charge in [-0.1, -0.05) is 23.2 Å². The van der Waals surface area contributed by atoms with Crippen LogP contribution in [-0.2, 0) is 23.7 Å². The predicted octanol–water partition coefficient (Wildman–Crippen LogP) is 1.46. The van der Waals surface area contributed by atoms with Crippen molar-refractivity contribution in [2.24, 2.45) is 14.1 Å². The molecule has 0 spiro atoms. The van der Waals surface area contributed by atoms with Gasteiger partial charge in [0.15, 0.2) is 0 Å². The Morgan fingerprint density at radius 1 is 1.15 bits per heavy atom. The van der Waals surface area contributed by atoms with Gasteiger partial charge < -0.3 is 10.6 Å². The van der Waals surface area contributed by atoms with Gasteiger partial charge in [-0.2, -0.15) is 0 Å². The van der Waals surface area contributed by atoms with Gasteiger partial charge in [0.2, 0.25) is 11.8 Å². The summed E-state index contributed by atoms with van der Waals surface area (Å²) >= 11 is 11.8. The van der Waals surface area contributed by atoms with Gasteiger partial charge in [-0.05, 0) is 18.2 Å². The molecule has 0 radical (unpaired) electrons. The number of rotatable bonds is 2. The highest BCUT2D eigenvalue weighted by Gasteiger charge is 2.35. The van der Waals surface area contributed by atoms with Crippen molar-refractivity contribution in [2.75, 3.05) is 10.6 Å². The summed E-state index contributed by atoms with van der Waals surface area (Å²) in [6, 6.07) is 4.53. The molecule has 1 aromatic heterocycles. The van der Waals surface area contributed by atoms with E-state index in [0.29, 0.717) is 10.7 Å². The van der Waals surface area contributed by atoms with Crippen LogP contribution in [0.25, 0.3) is 0 Å². The molecular formula is C16H14Cl2N4O4. The van der Waals surface area contributed by atoms with E-state index in [1.165, 1.54) is 26.2 Å². The number of carbonyl (C=O) groups excluding carboxylic acids is 2. The molecule has 0 unspecified atom stereocenters. The average molecular weight is 397 g/mol. The zero-order chi connectivity index (χ0) is 19.2. The Labute approximate surface area is 157 Å². The SMILES string of the molecule is Cn1c2c(c(=O)n(C)c1=O)[C@H](C(=O)Nc1ccc(Cl)c(Cl)c1)CC(=O)N2. The summed E-state index contributed by atoms with van der Waals surface area (Å²) in [5.74, 6) is -2.03. The third kappa shape index (κ3) is 3.02. The first-order valence-electron chi connectivity index (χ1n) is 7.56. The van der Waals surface area contributed by atoms with E-state index < -0.39 is 29.0 Å². The summed E-state index contributed by atoms with van der Waals surface area (Å²) < 4.78 is 2.03. The van der Waals surface area contributed by atoms with E-state index >= 15 is 0 Å². The molecule has 26 heavy (non-hydrogen) atoms. The van der Waals surface area contributed by atoms with E-state index in [4.69, 9.17) is 23.2 Å². The van der Waals surface area contributed by atoms with Crippen LogP contribution < -0.4 is 21.9 Å². The molecule has 0 saturated heterocycles. The highest BCUT2D eigenvalue weighted by Crippen LogP contribution is 2.30. The van der Waals surface area contributed by atoms with Crippen molar-refractivity contribution in [3.63, 3.8) is 0 Å². The Morgan fingerprint density at radius 2 is 1.85 bits per heavy atom. The smallest absolute Gasteiger partial charge is 0.325 e. The average Bonchev–Trinajstić information content (AvgIpc) is 2.60. The van der Waals surface area contributed by atoms with Crippen LogP contribution in [0.5, 0.6) is 0 Å². The minimum Gasteiger partial charge on any atom is -0.325 e. The lowest BCUT2D eigenvalue weighted by molar-refractivity contribution is -0.123. The molecule has 2 heterocycles. The van der Waals surface area contributed by atoms with Crippen molar-refractivity contribution in [1.82, 2.24) is 9.13 Å². The van der Waals surface area contributed by atoms with Crippen LogP contribution in [0.3, 0.4) is 0 Å². The lowest BCUT2D eigenvalue weighted by Gasteiger charge is -2.26. The fraction of sp³-hybridized carbons (Fsp3) is 0.250. The largest absolute Gasteiger partial charge is 0.332 e. The topological polar surface area (TPSA) is 102 Å². The van der Waals surface area contributed by atoms with E-state index in [1.807, 2.05) is 0 Å². The quantitative estimate of drug-likeness (QED) is 0.801. The molecule has 0 aliphatic carbocycles. The maximum atomic E-state index is 12.7. The van der Waals surface area contributed by atoms with Crippen LogP contribution >= 0.6 is 23.2 Å². The Balaban J connectivity index is 2.05. The van der Waals surface area contributed by atoms with E-state index in [0.717, 1.165) is 9.13 Å². The maximum Gasteiger partial charge on any atom is 0.332 e. The number of halogens is 2. The minimum atomic E-state index is -1.04. The Bertz CT molecular complexity index is 1060. The van der Waals surface area contributed by atoms with Crippen LogP contribution in [-0.4, -0.2) is 20.9 Å². The van der Waals surface area contributed by atoms with E-state index in [-0.39, 0.29) is 22.8 Å². The van der Waals surface area contributed by atoms with Crippen molar-refractivity contribution in [2.45, 2.75) is 12.3 Å². The maximum absolute atomic E-state index is 12.7. The summed E-state index contributed by atoms with van der Waals surface area (Å²) in [6.07, 6.45) is -0.215. The molecular weight excluding hydrogens is 383 g/mol. The number of amides is 2. The van der Waals surface area contributed by atoms with Gasteiger partial charge in [0, 0.05) is 26.2 Å². The normalized spacial score (nSPS) is 16.0. The van der Waals surface area contributed by atoms with Gasteiger partial charge in [0.05, 0.1) is 21.5 Å². The zero-order valence-corrected chi connectivity index (χ0v) is 15.3. The molecule has 1 aliphatic heterocycles. The second-order valence-corrected chi connectivity index (χ2v) is 6.71. The molecule has 1 aliphatic rings. The summed E-state index contributed by atoms with van der Waals surface area (Å²) in [7, 11) is 2.73. The summed E-state index contributed by atoms with van der Waals surface area (Å²) in [6.45, 7) is 0. The number of fused-ring (bicyclic) bond motifs is 1. The van der Waals surface area contributed by atoms with Crippen molar-refractivity contribution < 1.29 is 9.59 Å². The third-order valence-corrected chi connectivity index (χ3v) is 4.94. The molecule has 1 atom stereocenters. The number of anilines is 2. The molecule has 2 aromatic rings. The van der Waals surface area contributed by atoms with Crippen molar-refractivity contribution in [1.29, 1.82) is 0 Å². The molecule has 3 rings (SSSR count). The molecule has 2 amide bonds. The molecule has 0 fully saturated rings. The fourth-order valence-electron chi connectivity index (χ4n) is 2.83. The van der Waals surface area contributed by atoms with Gasteiger partial charge in [-0.25, -0.2) is 4.79 Å². The van der Waals surface area contributed by atoms with Crippen LogP contribution in [0.1, 0.15) is 17.9 Å². The molecule has 0 saturated carbocycles. The fourth-order valence-corrected chi connectivity index (χ4v) is 3.13. The van der Waals surface area contributed by atoms with Crippen molar-refractivity contribution >= 4 is 46.5 Å². The van der Waals surface area contributed by atoms with Gasteiger partial charge in [0.1, 0.15) is 5.82 Å². The Kier molecular flexibility index (Phi) is 4.64. The van der Waals surface area contributed by atoms with Crippen LogP contribution in [0, 0.1) is 0 Å².